The molecule has 3 aromatic carbocycles. The van der Waals surface area contributed by atoms with Crippen molar-refractivity contribution in [2.45, 2.75) is 32.4 Å². The topological polar surface area (TPSA) is 32.3 Å². The second-order valence-corrected chi connectivity index (χ2v) is 8.71. The monoisotopic (exact) mass is 434 g/mol. The zero-order valence-electron chi connectivity index (χ0n) is 18.2. The zero-order valence-corrected chi connectivity index (χ0v) is 18.2. The molecule has 1 heterocycles. The van der Waals surface area contributed by atoms with Crippen molar-refractivity contribution in [1.82, 2.24) is 10.2 Å². The highest BCUT2D eigenvalue weighted by Crippen LogP contribution is 2.32. The Morgan fingerprint density at radius 1 is 0.938 bits per heavy atom. The van der Waals surface area contributed by atoms with Crippen LogP contribution in [0.1, 0.15) is 34.6 Å². The predicted octanol–water partition coefficient (Wildman–Crippen LogP) is 5.20. The number of nitrogens with one attached hydrogen (secondary N) is 1. The molecule has 0 aliphatic carbocycles. The Morgan fingerprint density at radius 3 is 2.47 bits per heavy atom. The molecule has 1 saturated heterocycles. The fourth-order valence-corrected chi connectivity index (χ4v) is 4.50. The number of hydrogen-bond donors (Lipinski definition) is 1. The molecule has 0 unspecified atom stereocenters. The first-order valence-electron chi connectivity index (χ1n) is 11.0. The maximum Gasteiger partial charge on any atom is 0.224 e. The third-order valence-corrected chi connectivity index (χ3v) is 6.09. The van der Waals surface area contributed by atoms with Crippen LogP contribution in [0.5, 0.6) is 0 Å². The number of carbonyl (C=O) groups is 1. The SMILES string of the molecule is Cc1cccc([C@@H]2C[C@@H](C(=O)NCc3cccc(F)c3)CN(Cc3ccc(F)cc3)C2)c1. The second-order valence-electron chi connectivity index (χ2n) is 8.71. The number of nitrogens with zero attached hydrogens (tertiary/aromatic N) is 1. The van der Waals surface area contributed by atoms with Crippen molar-refractivity contribution in [3.05, 3.63) is 107 Å². The lowest BCUT2D eigenvalue weighted by atomic mass is 9.83. The highest BCUT2D eigenvalue weighted by atomic mass is 19.1. The lowest BCUT2D eigenvalue weighted by Gasteiger charge is -2.37. The molecule has 1 fully saturated rings. The first-order chi connectivity index (χ1) is 15.5. The molecule has 4 rings (SSSR count). The van der Waals surface area contributed by atoms with Crippen LogP contribution in [0.3, 0.4) is 0 Å². The van der Waals surface area contributed by atoms with E-state index in [0.29, 0.717) is 19.6 Å². The van der Waals surface area contributed by atoms with Crippen LogP contribution in [-0.4, -0.2) is 23.9 Å². The molecule has 166 valence electrons. The Labute approximate surface area is 188 Å². The van der Waals surface area contributed by atoms with E-state index in [4.69, 9.17) is 0 Å². The van der Waals surface area contributed by atoms with Crippen molar-refractivity contribution in [2.24, 2.45) is 5.92 Å². The van der Waals surface area contributed by atoms with Gasteiger partial charge in [-0.3, -0.25) is 9.69 Å². The standard InChI is InChI=1S/C27H28F2N2O/c1-19-4-2-6-22(12-19)23-14-24(27(32)30-15-21-5-3-7-26(29)13-21)18-31(17-23)16-20-8-10-25(28)11-9-20/h2-13,23-24H,14-18H2,1H3,(H,30,32)/t23-,24-/m1/s1. The molecule has 3 nitrogen and oxygen atoms in total. The number of likely N-dealkylation sites (tertiary alicyclic amines) is 1. The van der Waals surface area contributed by atoms with Gasteiger partial charge in [0.2, 0.25) is 5.91 Å². The van der Waals surface area contributed by atoms with Crippen LogP contribution in [0.4, 0.5) is 8.78 Å². The third-order valence-electron chi connectivity index (χ3n) is 6.09. The highest BCUT2D eigenvalue weighted by molar-refractivity contribution is 5.79. The Kier molecular flexibility index (Phi) is 6.96. The van der Waals surface area contributed by atoms with E-state index in [9.17, 15) is 13.6 Å². The smallest absolute Gasteiger partial charge is 0.224 e. The molecular formula is C27H28F2N2O. The van der Waals surface area contributed by atoms with Gasteiger partial charge in [-0.1, -0.05) is 54.1 Å². The van der Waals surface area contributed by atoms with Gasteiger partial charge < -0.3 is 5.32 Å². The molecule has 3 aromatic rings. The molecule has 0 aromatic heterocycles. The minimum Gasteiger partial charge on any atom is -0.352 e. The molecule has 2 atom stereocenters. The number of benzene rings is 3. The molecule has 1 N–H and O–H groups in total. The number of piperidine rings is 1. The Bertz CT molecular complexity index is 1070. The zero-order chi connectivity index (χ0) is 22.5. The van der Waals surface area contributed by atoms with E-state index in [1.807, 2.05) is 0 Å². The van der Waals surface area contributed by atoms with Gasteiger partial charge in [-0.15, -0.1) is 0 Å². The number of amides is 1. The Morgan fingerprint density at radius 2 is 1.72 bits per heavy atom. The lowest BCUT2D eigenvalue weighted by Crippen LogP contribution is -2.45. The number of rotatable bonds is 6. The normalized spacial score (nSPS) is 19.0. The van der Waals surface area contributed by atoms with Gasteiger partial charge >= 0.3 is 0 Å². The molecule has 5 heteroatoms. The first-order valence-corrected chi connectivity index (χ1v) is 11.0. The van der Waals surface area contributed by atoms with Gasteiger partial charge in [-0.2, -0.15) is 0 Å². The lowest BCUT2D eigenvalue weighted by molar-refractivity contribution is -0.127. The molecule has 0 spiro atoms. The third kappa shape index (κ3) is 5.80. The van der Waals surface area contributed by atoms with E-state index in [0.717, 1.165) is 24.1 Å². The summed E-state index contributed by atoms with van der Waals surface area (Å²) >= 11 is 0. The van der Waals surface area contributed by atoms with Crippen LogP contribution in [-0.2, 0) is 17.9 Å². The summed E-state index contributed by atoms with van der Waals surface area (Å²) in [4.78, 5) is 15.3. The van der Waals surface area contributed by atoms with Crippen LogP contribution in [0, 0.1) is 24.5 Å². The summed E-state index contributed by atoms with van der Waals surface area (Å²) in [5.41, 5.74) is 4.20. The van der Waals surface area contributed by atoms with Crippen molar-refractivity contribution in [1.29, 1.82) is 0 Å². The maximum atomic E-state index is 13.5. The van der Waals surface area contributed by atoms with Crippen LogP contribution >= 0.6 is 0 Å². The summed E-state index contributed by atoms with van der Waals surface area (Å²) in [5.74, 6) is -0.521. The quantitative estimate of drug-likeness (QED) is 0.579. The average molecular weight is 435 g/mol. The van der Waals surface area contributed by atoms with Crippen LogP contribution < -0.4 is 5.32 Å². The van der Waals surface area contributed by atoms with Crippen molar-refractivity contribution < 1.29 is 13.6 Å². The summed E-state index contributed by atoms with van der Waals surface area (Å²) < 4.78 is 26.8. The molecular weight excluding hydrogens is 406 g/mol. The van der Waals surface area contributed by atoms with Crippen molar-refractivity contribution in [3.8, 4) is 0 Å². The molecule has 1 aliphatic rings. The molecule has 0 saturated carbocycles. The number of hydrogen-bond acceptors (Lipinski definition) is 2. The largest absolute Gasteiger partial charge is 0.352 e. The highest BCUT2D eigenvalue weighted by Gasteiger charge is 2.32. The molecule has 1 amide bonds. The fourth-order valence-electron chi connectivity index (χ4n) is 4.50. The summed E-state index contributed by atoms with van der Waals surface area (Å²) in [6, 6.07) is 21.3. The van der Waals surface area contributed by atoms with Gasteiger partial charge in [0, 0.05) is 26.2 Å². The summed E-state index contributed by atoms with van der Waals surface area (Å²) in [5, 5.41) is 2.99. The molecule has 0 bridgehead atoms. The average Bonchev–Trinajstić information content (AvgIpc) is 2.79. The Hall–Kier alpha value is -3.05. The van der Waals surface area contributed by atoms with Gasteiger partial charge in [-0.25, -0.2) is 8.78 Å². The molecule has 0 radical (unpaired) electrons. The van der Waals surface area contributed by atoms with E-state index >= 15 is 0 Å². The van der Waals surface area contributed by atoms with Crippen LogP contribution in [0.25, 0.3) is 0 Å². The molecule has 32 heavy (non-hydrogen) atoms. The number of carbonyl (C=O) groups excluding carboxylic acids is 1. The van der Waals surface area contributed by atoms with Gasteiger partial charge in [0.15, 0.2) is 0 Å². The Balaban J connectivity index is 1.49. The minimum absolute atomic E-state index is 0.0179. The predicted molar refractivity (Wildman–Crippen MR) is 122 cm³/mol. The van der Waals surface area contributed by atoms with E-state index in [1.54, 1.807) is 24.3 Å². The van der Waals surface area contributed by atoms with Gasteiger partial charge in [0.25, 0.3) is 0 Å². The van der Waals surface area contributed by atoms with E-state index in [-0.39, 0.29) is 29.4 Å². The van der Waals surface area contributed by atoms with Gasteiger partial charge in [0.1, 0.15) is 11.6 Å². The van der Waals surface area contributed by atoms with Gasteiger partial charge in [-0.05, 0) is 60.2 Å². The van der Waals surface area contributed by atoms with E-state index in [1.165, 1.54) is 35.4 Å². The summed E-state index contributed by atoms with van der Waals surface area (Å²) in [7, 11) is 0. The van der Waals surface area contributed by atoms with Crippen LogP contribution in [0.15, 0.2) is 72.8 Å². The maximum absolute atomic E-state index is 13.5. The molecule has 1 aliphatic heterocycles. The van der Waals surface area contributed by atoms with Crippen molar-refractivity contribution in [2.75, 3.05) is 13.1 Å². The van der Waals surface area contributed by atoms with Crippen molar-refractivity contribution in [3.63, 3.8) is 0 Å². The number of halogens is 2. The summed E-state index contributed by atoms with van der Waals surface area (Å²) in [6.45, 7) is 4.52. The summed E-state index contributed by atoms with van der Waals surface area (Å²) in [6.07, 6.45) is 0.762. The van der Waals surface area contributed by atoms with Gasteiger partial charge in [0.05, 0.1) is 5.92 Å². The number of aryl methyl sites for hydroxylation is 1. The minimum atomic E-state index is -0.306. The van der Waals surface area contributed by atoms with E-state index < -0.39 is 0 Å². The second kappa shape index (κ2) is 10.0. The van der Waals surface area contributed by atoms with Crippen LogP contribution in [0.2, 0.25) is 0 Å². The first kappa shape index (κ1) is 22.2. The van der Waals surface area contributed by atoms with E-state index in [2.05, 4.69) is 41.4 Å². The van der Waals surface area contributed by atoms with Crippen molar-refractivity contribution >= 4 is 5.91 Å². The fraction of sp³-hybridized carbons (Fsp3) is 0.296.